The summed E-state index contributed by atoms with van der Waals surface area (Å²) in [7, 11) is 0. The third-order valence-corrected chi connectivity index (χ3v) is 3.97. The number of ether oxygens (including phenoxy) is 1. The number of rotatable bonds is 4. The maximum Gasteiger partial charge on any atom is 0.422 e. The largest absolute Gasteiger partial charge is 0.467 e. The summed E-state index contributed by atoms with van der Waals surface area (Å²) in [5.74, 6) is -0.684. The quantitative estimate of drug-likeness (QED) is 0.832. The van der Waals surface area contributed by atoms with E-state index in [4.69, 9.17) is 4.74 Å². The number of hydrogen-bond donors (Lipinski definition) is 0. The Balaban J connectivity index is 1.65. The van der Waals surface area contributed by atoms with Crippen LogP contribution >= 0.6 is 0 Å². The van der Waals surface area contributed by atoms with E-state index in [-0.39, 0.29) is 17.4 Å². The van der Waals surface area contributed by atoms with Gasteiger partial charge in [-0.2, -0.15) is 13.2 Å². The first-order valence-electron chi connectivity index (χ1n) is 8.03. The van der Waals surface area contributed by atoms with Crippen LogP contribution in [0.1, 0.15) is 10.4 Å². The molecule has 0 aromatic carbocycles. The minimum absolute atomic E-state index is 0.0362. The van der Waals surface area contributed by atoms with Crippen molar-refractivity contribution in [2.24, 2.45) is 0 Å². The summed E-state index contributed by atoms with van der Waals surface area (Å²) in [6, 6.07) is 6.71. The molecule has 2 aromatic rings. The number of pyridine rings is 2. The molecule has 1 aliphatic rings. The number of carbonyl (C=O) groups is 1. The van der Waals surface area contributed by atoms with E-state index in [1.807, 2.05) is 12.1 Å². The summed E-state index contributed by atoms with van der Waals surface area (Å²) < 4.78 is 41.8. The normalized spacial score (nSPS) is 15.0. The van der Waals surface area contributed by atoms with Crippen LogP contribution in [0.5, 0.6) is 5.88 Å². The molecule has 6 nitrogen and oxygen atoms in total. The summed E-state index contributed by atoms with van der Waals surface area (Å²) >= 11 is 0. The Kier molecular flexibility index (Phi) is 5.24. The van der Waals surface area contributed by atoms with Crippen LogP contribution in [0.3, 0.4) is 0 Å². The summed E-state index contributed by atoms with van der Waals surface area (Å²) in [5, 5.41) is 0. The van der Waals surface area contributed by atoms with E-state index in [2.05, 4.69) is 14.9 Å². The van der Waals surface area contributed by atoms with Crippen LogP contribution in [-0.4, -0.2) is 59.7 Å². The number of amides is 1. The Morgan fingerprint density at radius 3 is 2.42 bits per heavy atom. The molecule has 1 amide bonds. The zero-order chi connectivity index (χ0) is 18.6. The number of alkyl halides is 3. The Labute approximate surface area is 148 Å². The van der Waals surface area contributed by atoms with Crippen molar-refractivity contribution in [3.63, 3.8) is 0 Å². The van der Waals surface area contributed by atoms with Gasteiger partial charge in [-0.15, -0.1) is 0 Å². The first-order valence-corrected chi connectivity index (χ1v) is 8.03. The molecule has 26 heavy (non-hydrogen) atoms. The zero-order valence-corrected chi connectivity index (χ0v) is 13.8. The van der Waals surface area contributed by atoms with Crippen molar-refractivity contribution in [2.75, 3.05) is 37.7 Å². The minimum Gasteiger partial charge on any atom is -0.467 e. The van der Waals surface area contributed by atoms with Crippen molar-refractivity contribution in [2.45, 2.75) is 6.18 Å². The third-order valence-electron chi connectivity index (χ3n) is 3.97. The first kappa shape index (κ1) is 18.0. The average molecular weight is 366 g/mol. The predicted molar refractivity (Wildman–Crippen MR) is 88.1 cm³/mol. The van der Waals surface area contributed by atoms with Gasteiger partial charge in [-0.25, -0.2) is 4.98 Å². The maximum atomic E-state index is 12.7. The second-order valence-electron chi connectivity index (χ2n) is 5.74. The van der Waals surface area contributed by atoms with E-state index in [0.717, 1.165) is 5.69 Å². The molecule has 1 aliphatic heterocycles. The van der Waals surface area contributed by atoms with Gasteiger partial charge in [-0.1, -0.05) is 0 Å². The summed E-state index contributed by atoms with van der Waals surface area (Å²) in [6.45, 7) is 0.660. The fourth-order valence-corrected chi connectivity index (χ4v) is 2.71. The molecule has 0 bridgehead atoms. The van der Waals surface area contributed by atoms with Crippen molar-refractivity contribution in [1.82, 2.24) is 14.9 Å². The van der Waals surface area contributed by atoms with Crippen LogP contribution in [0.4, 0.5) is 18.9 Å². The third kappa shape index (κ3) is 4.41. The molecule has 3 rings (SSSR count). The van der Waals surface area contributed by atoms with Crippen molar-refractivity contribution < 1.29 is 22.7 Å². The Morgan fingerprint density at radius 1 is 1.08 bits per heavy atom. The molecule has 9 heteroatoms. The molecule has 0 atom stereocenters. The molecule has 3 heterocycles. The number of aromatic nitrogens is 2. The van der Waals surface area contributed by atoms with Gasteiger partial charge in [0.05, 0.1) is 0 Å². The minimum atomic E-state index is -4.49. The van der Waals surface area contributed by atoms with Crippen molar-refractivity contribution in [3.8, 4) is 5.88 Å². The lowest BCUT2D eigenvalue weighted by Crippen LogP contribution is -2.48. The molecule has 0 aliphatic carbocycles. The van der Waals surface area contributed by atoms with E-state index >= 15 is 0 Å². The Bertz CT molecular complexity index is 747. The number of nitrogens with zero attached hydrogens (tertiary/aromatic N) is 4. The Hall–Kier alpha value is -2.84. The highest BCUT2D eigenvalue weighted by molar-refractivity contribution is 5.96. The van der Waals surface area contributed by atoms with E-state index in [9.17, 15) is 18.0 Å². The molecule has 138 valence electrons. The molecule has 0 unspecified atom stereocenters. The second-order valence-corrected chi connectivity index (χ2v) is 5.74. The highest BCUT2D eigenvalue weighted by Gasteiger charge is 2.30. The second kappa shape index (κ2) is 7.59. The molecule has 0 radical (unpaired) electrons. The number of piperazine rings is 1. The predicted octanol–water partition coefficient (Wildman–Crippen LogP) is 2.38. The highest BCUT2D eigenvalue weighted by atomic mass is 19.4. The molecular formula is C17H17F3N4O2. The van der Waals surface area contributed by atoms with Gasteiger partial charge in [-0.05, 0) is 24.3 Å². The summed E-state index contributed by atoms with van der Waals surface area (Å²) in [6.07, 6.45) is 0.206. The van der Waals surface area contributed by atoms with Gasteiger partial charge in [-0.3, -0.25) is 9.78 Å². The van der Waals surface area contributed by atoms with Crippen LogP contribution in [0, 0.1) is 0 Å². The lowest BCUT2D eigenvalue weighted by molar-refractivity contribution is -0.154. The summed E-state index contributed by atoms with van der Waals surface area (Å²) in [4.78, 5) is 24.1. The number of hydrogen-bond acceptors (Lipinski definition) is 5. The van der Waals surface area contributed by atoms with Crippen molar-refractivity contribution in [1.29, 1.82) is 0 Å². The van der Waals surface area contributed by atoms with Gasteiger partial charge in [0.2, 0.25) is 5.88 Å². The average Bonchev–Trinajstić information content (AvgIpc) is 2.66. The molecule has 0 N–H and O–H groups in total. The maximum absolute atomic E-state index is 12.7. The van der Waals surface area contributed by atoms with E-state index in [1.165, 1.54) is 18.3 Å². The molecule has 1 saturated heterocycles. The molecule has 0 spiro atoms. The standard InChI is InChI=1S/C17H17F3N4O2/c18-17(19,20)12-26-15-14(2-1-5-22-15)16(25)24-10-8-23(9-11-24)13-3-6-21-7-4-13/h1-7H,8-12H2. The van der Waals surface area contributed by atoms with E-state index < -0.39 is 12.8 Å². The zero-order valence-electron chi connectivity index (χ0n) is 13.8. The van der Waals surface area contributed by atoms with Crippen LogP contribution in [-0.2, 0) is 0 Å². The van der Waals surface area contributed by atoms with Gasteiger partial charge in [0.1, 0.15) is 5.56 Å². The molecular weight excluding hydrogens is 349 g/mol. The molecule has 0 saturated carbocycles. The van der Waals surface area contributed by atoms with Crippen LogP contribution < -0.4 is 9.64 Å². The van der Waals surface area contributed by atoms with Gasteiger partial charge in [0.25, 0.3) is 5.91 Å². The topological polar surface area (TPSA) is 58.6 Å². The van der Waals surface area contributed by atoms with Crippen molar-refractivity contribution in [3.05, 3.63) is 48.4 Å². The van der Waals surface area contributed by atoms with Crippen LogP contribution in [0.2, 0.25) is 0 Å². The highest BCUT2D eigenvalue weighted by Crippen LogP contribution is 2.22. The molecule has 1 fully saturated rings. The Morgan fingerprint density at radius 2 is 1.77 bits per heavy atom. The fraction of sp³-hybridized carbons (Fsp3) is 0.353. The van der Waals surface area contributed by atoms with Gasteiger partial charge in [0, 0.05) is 50.5 Å². The lowest BCUT2D eigenvalue weighted by Gasteiger charge is -2.36. The monoisotopic (exact) mass is 366 g/mol. The fourth-order valence-electron chi connectivity index (χ4n) is 2.71. The number of halogens is 3. The van der Waals surface area contributed by atoms with E-state index in [1.54, 1.807) is 17.3 Å². The lowest BCUT2D eigenvalue weighted by atomic mass is 10.2. The number of carbonyl (C=O) groups excluding carboxylic acids is 1. The summed E-state index contributed by atoms with van der Waals surface area (Å²) in [5.41, 5.74) is 1.05. The first-order chi connectivity index (χ1) is 12.4. The van der Waals surface area contributed by atoms with Gasteiger partial charge >= 0.3 is 6.18 Å². The van der Waals surface area contributed by atoms with Crippen LogP contribution in [0.25, 0.3) is 0 Å². The van der Waals surface area contributed by atoms with Crippen LogP contribution in [0.15, 0.2) is 42.9 Å². The smallest absolute Gasteiger partial charge is 0.422 e. The SMILES string of the molecule is O=C(c1cccnc1OCC(F)(F)F)N1CCN(c2ccncc2)CC1. The van der Waals surface area contributed by atoms with Gasteiger partial charge in [0.15, 0.2) is 6.61 Å². The van der Waals surface area contributed by atoms with E-state index in [0.29, 0.717) is 26.2 Å². The number of anilines is 1. The molecule has 2 aromatic heterocycles. The van der Waals surface area contributed by atoms with Gasteiger partial charge < -0.3 is 14.5 Å². The van der Waals surface area contributed by atoms with Crippen molar-refractivity contribution >= 4 is 11.6 Å².